The number of imidazole rings is 1. The molecule has 0 bridgehead atoms. The molecule has 0 aliphatic carbocycles. The van der Waals surface area contributed by atoms with Crippen molar-refractivity contribution in [1.82, 2.24) is 19.9 Å². The lowest BCUT2D eigenvalue weighted by Crippen LogP contribution is -2.24. The molecule has 5 heteroatoms. The highest BCUT2D eigenvalue weighted by Gasteiger charge is 2.17. The maximum atomic E-state index is 11.4. The molecule has 0 saturated carbocycles. The molecule has 18 heavy (non-hydrogen) atoms. The molecule has 1 unspecified atom stereocenters. The fraction of sp³-hybridized carbons (Fsp3) is 0.385. The average Bonchev–Trinajstić information content (AvgIpc) is 2.79. The monoisotopic (exact) mass is 246 g/mol. The number of aromatic nitrogens is 3. The first-order valence-electron chi connectivity index (χ1n) is 6.13. The van der Waals surface area contributed by atoms with Gasteiger partial charge in [0.1, 0.15) is 11.9 Å². The van der Waals surface area contributed by atoms with Gasteiger partial charge in [-0.05, 0) is 19.5 Å². The first-order chi connectivity index (χ1) is 8.76. The Hall–Kier alpha value is -1.88. The molecule has 2 aromatic rings. The van der Waals surface area contributed by atoms with Crippen LogP contribution < -0.4 is 10.9 Å². The largest absolute Gasteiger partial charge is 0.333 e. The van der Waals surface area contributed by atoms with Crippen LogP contribution in [0.3, 0.4) is 0 Å². The van der Waals surface area contributed by atoms with Gasteiger partial charge in [0.25, 0.3) is 0 Å². The number of hydrogen-bond acceptors (Lipinski definition) is 3. The minimum absolute atomic E-state index is 0.0960. The lowest BCUT2D eigenvalue weighted by molar-refractivity contribution is 0.558. The highest BCUT2D eigenvalue weighted by atomic mass is 16.1. The third kappa shape index (κ3) is 2.51. The van der Waals surface area contributed by atoms with Crippen molar-refractivity contribution in [2.75, 3.05) is 7.05 Å². The van der Waals surface area contributed by atoms with Gasteiger partial charge in [-0.1, -0.05) is 13.0 Å². The lowest BCUT2D eigenvalue weighted by atomic mass is 10.1. The Morgan fingerprint density at radius 2 is 2.33 bits per heavy atom. The van der Waals surface area contributed by atoms with E-state index in [0.29, 0.717) is 0 Å². The normalized spacial score (nSPS) is 12.6. The molecule has 96 valence electrons. The number of H-pyrrole nitrogens is 1. The summed E-state index contributed by atoms with van der Waals surface area (Å²) >= 11 is 0. The number of pyridine rings is 1. The van der Waals surface area contributed by atoms with Gasteiger partial charge >= 0.3 is 0 Å². The molecule has 0 saturated heterocycles. The molecular weight excluding hydrogens is 228 g/mol. The minimum atomic E-state index is -0.0968. The molecule has 0 aliphatic rings. The molecule has 0 spiro atoms. The van der Waals surface area contributed by atoms with Crippen molar-refractivity contribution in [1.29, 1.82) is 0 Å². The SMILES string of the molecule is CCCn1ccnc1C(NC)c1cccc(=O)[nH]1. The second-order valence-corrected chi connectivity index (χ2v) is 4.17. The van der Waals surface area contributed by atoms with E-state index in [9.17, 15) is 4.79 Å². The van der Waals surface area contributed by atoms with E-state index >= 15 is 0 Å². The van der Waals surface area contributed by atoms with Gasteiger partial charge in [-0.2, -0.15) is 0 Å². The predicted octanol–water partition coefficient (Wildman–Crippen LogP) is 1.29. The van der Waals surface area contributed by atoms with E-state index in [1.807, 2.05) is 19.3 Å². The van der Waals surface area contributed by atoms with Gasteiger partial charge in [-0.15, -0.1) is 0 Å². The van der Waals surface area contributed by atoms with E-state index in [1.165, 1.54) is 6.07 Å². The fourth-order valence-corrected chi connectivity index (χ4v) is 2.07. The first-order valence-corrected chi connectivity index (χ1v) is 6.13. The van der Waals surface area contributed by atoms with E-state index in [-0.39, 0.29) is 11.6 Å². The van der Waals surface area contributed by atoms with Crippen molar-refractivity contribution >= 4 is 0 Å². The first kappa shape index (κ1) is 12.6. The summed E-state index contributed by atoms with van der Waals surface area (Å²) < 4.78 is 2.10. The van der Waals surface area contributed by atoms with Gasteiger partial charge in [0.15, 0.2) is 0 Å². The molecule has 2 rings (SSSR count). The Labute approximate surface area is 106 Å². The van der Waals surface area contributed by atoms with Gasteiger partial charge in [0.2, 0.25) is 5.56 Å². The van der Waals surface area contributed by atoms with Gasteiger partial charge in [0.05, 0.1) is 0 Å². The summed E-state index contributed by atoms with van der Waals surface area (Å²) in [5.41, 5.74) is 0.731. The second-order valence-electron chi connectivity index (χ2n) is 4.17. The van der Waals surface area contributed by atoms with Crippen LogP contribution in [0.25, 0.3) is 0 Å². The van der Waals surface area contributed by atoms with Crippen LogP contribution in [0.15, 0.2) is 35.4 Å². The van der Waals surface area contributed by atoms with Crippen LogP contribution >= 0.6 is 0 Å². The maximum absolute atomic E-state index is 11.4. The molecule has 5 nitrogen and oxygen atoms in total. The van der Waals surface area contributed by atoms with Crippen LogP contribution in [-0.2, 0) is 6.54 Å². The maximum Gasteiger partial charge on any atom is 0.248 e. The zero-order valence-electron chi connectivity index (χ0n) is 10.7. The highest BCUT2D eigenvalue weighted by molar-refractivity contribution is 5.18. The van der Waals surface area contributed by atoms with Gasteiger partial charge in [0, 0.05) is 30.7 Å². The lowest BCUT2D eigenvalue weighted by Gasteiger charge is -2.17. The number of hydrogen-bond donors (Lipinski definition) is 2. The van der Waals surface area contributed by atoms with Crippen molar-refractivity contribution in [3.05, 3.63) is 52.5 Å². The van der Waals surface area contributed by atoms with Crippen molar-refractivity contribution < 1.29 is 0 Å². The van der Waals surface area contributed by atoms with Crippen LogP contribution in [-0.4, -0.2) is 21.6 Å². The summed E-state index contributed by atoms with van der Waals surface area (Å²) in [7, 11) is 1.86. The zero-order chi connectivity index (χ0) is 13.0. The second kappa shape index (κ2) is 5.64. The Morgan fingerprint density at radius 3 is 3.00 bits per heavy atom. The van der Waals surface area contributed by atoms with Crippen molar-refractivity contribution in [2.45, 2.75) is 25.9 Å². The molecule has 0 amide bonds. The summed E-state index contributed by atoms with van der Waals surface area (Å²) in [5, 5.41) is 3.19. The summed E-state index contributed by atoms with van der Waals surface area (Å²) in [6.45, 7) is 3.05. The summed E-state index contributed by atoms with van der Waals surface area (Å²) in [6.07, 6.45) is 4.80. The predicted molar refractivity (Wildman–Crippen MR) is 70.5 cm³/mol. The molecule has 2 heterocycles. The third-order valence-corrected chi connectivity index (χ3v) is 2.86. The molecule has 0 aliphatic heterocycles. The van der Waals surface area contributed by atoms with Gasteiger partial charge < -0.3 is 14.9 Å². The topological polar surface area (TPSA) is 62.7 Å². The molecule has 0 radical (unpaired) electrons. The van der Waals surface area contributed by atoms with E-state index in [1.54, 1.807) is 12.3 Å². The molecule has 2 aromatic heterocycles. The molecule has 1 atom stereocenters. The van der Waals surface area contributed by atoms with Crippen molar-refractivity contribution in [3.63, 3.8) is 0 Å². The van der Waals surface area contributed by atoms with Crippen LogP contribution in [0.4, 0.5) is 0 Å². The Kier molecular flexibility index (Phi) is 3.94. The summed E-state index contributed by atoms with van der Waals surface area (Å²) in [4.78, 5) is 18.6. The highest BCUT2D eigenvalue weighted by Crippen LogP contribution is 2.17. The number of aryl methyl sites for hydroxylation is 1. The number of nitrogens with zero attached hydrogens (tertiary/aromatic N) is 2. The molecular formula is C13H18N4O. The van der Waals surface area contributed by atoms with E-state index in [4.69, 9.17) is 0 Å². The third-order valence-electron chi connectivity index (χ3n) is 2.86. The van der Waals surface area contributed by atoms with E-state index < -0.39 is 0 Å². The quantitative estimate of drug-likeness (QED) is 0.835. The Bertz CT molecular complexity index is 558. The van der Waals surface area contributed by atoms with Crippen LogP contribution in [0.5, 0.6) is 0 Å². The van der Waals surface area contributed by atoms with E-state index in [0.717, 1.165) is 24.5 Å². The zero-order valence-corrected chi connectivity index (χ0v) is 10.7. The van der Waals surface area contributed by atoms with Crippen LogP contribution in [0, 0.1) is 0 Å². The van der Waals surface area contributed by atoms with Crippen LogP contribution in [0.1, 0.15) is 30.9 Å². The summed E-state index contributed by atoms with van der Waals surface area (Å²) in [5.74, 6) is 0.918. The molecule has 0 aromatic carbocycles. The Balaban J connectivity index is 2.39. The van der Waals surface area contributed by atoms with Gasteiger partial charge in [-0.25, -0.2) is 4.98 Å². The van der Waals surface area contributed by atoms with Crippen LogP contribution in [0.2, 0.25) is 0 Å². The summed E-state index contributed by atoms with van der Waals surface area (Å²) in [6, 6.07) is 5.06. The number of aromatic amines is 1. The number of rotatable bonds is 5. The van der Waals surface area contributed by atoms with Crippen molar-refractivity contribution in [3.8, 4) is 0 Å². The minimum Gasteiger partial charge on any atom is -0.333 e. The molecule has 0 fully saturated rings. The standard InChI is InChI=1S/C13H18N4O/c1-3-8-17-9-7-15-13(17)12(14-2)10-5-4-6-11(18)16-10/h4-7,9,12,14H,3,8H2,1-2H3,(H,16,18). The Morgan fingerprint density at radius 1 is 1.50 bits per heavy atom. The smallest absolute Gasteiger partial charge is 0.248 e. The average molecular weight is 246 g/mol. The van der Waals surface area contributed by atoms with Gasteiger partial charge in [-0.3, -0.25) is 4.79 Å². The van der Waals surface area contributed by atoms with Crippen molar-refractivity contribution in [2.24, 2.45) is 0 Å². The fourth-order valence-electron chi connectivity index (χ4n) is 2.07. The number of nitrogens with one attached hydrogen (secondary N) is 2. The van der Waals surface area contributed by atoms with E-state index in [2.05, 4.69) is 26.8 Å². The molecule has 2 N–H and O–H groups in total.